The highest BCUT2D eigenvalue weighted by Gasteiger charge is 2.22. The summed E-state index contributed by atoms with van der Waals surface area (Å²) in [5.74, 6) is 0.363. The van der Waals surface area contributed by atoms with Gasteiger partial charge in [0.1, 0.15) is 0 Å². The lowest BCUT2D eigenvalue weighted by Crippen LogP contribution is -2.07. The van der Waals surface area contributed by atoms with Crippen LogP contribution in [0.2, 0.25) is 0 Å². The number of nitrogens with zero attached hydrogens (tertiary/aromatic N) is 5. The second-order valence-electron chi connectivity index (χ2n) is 15.4. The molecule has 0 aliphatic heterocycles. The third-order valence-electron chi connectivity index (χ3n) is 12.0. The van der Waals surface area contributed by atoms with Crippen LogP contribution in [0, 0.1) is 0 Å². The van der Waals surface area contributed by atoms with Crippen LogP contribution in [0.4, 0.5) is 0 Å². The quantitative estimate of drug-likeness (QED) is 0.163. The van der Waals surface area contributed by atoms with Crippen LogP contribution >= 0.6 is 0 Å². The van der Waals surface area contributed by atoms with E-state index in [0.717, 1.165) is 70.9 Å². The Kier molecular flexibility index (Phi) is 5.99. The zero-order valence-electron chi connectivity index (χ0n) is 40.8. The van der Waals surface area contributed by atoms with Crippen molar-refractivity contribution in [3.8, 4) is 45.5 Å². The van der Waals surface area contributed by atoms with Gasteiger partial charge in [0.15, 0.2) is 11.6 Å². The summed E-state index contributed by atoms with van der Waals surface area (Å²) in [7, 11) is 0. The van der Waals surface area contributed by atoms with E-state index in [1.165, 1.54) is 4.57 Å². The number of aromatic nitrogens is 5. The van der Waals surface area contributed by atoms with Crippen molar-refractivity contribution in [3.05, 3.63) is 212 Å². The molecule has 62 heavy (non-hydrogen) atoms. The molecule has 0 saturated heterocycles. The molecule has 13 rings (SSSR count). The molecule has 0 atom stereocenters. The van der Waals surface area contributed by atoms with E-state index in [4.69, 9.17) is 23.2 Å². The Hall–Kier alpha value is -8.41. The summed E-state index contributed by atoms with van der Waals surface area (Å²) in [5.41, 5.74) is 5.83. The summed E-state index contributed by atoms with van der Waals surface area (Å²) in [4.78, 5) is 15.6. The van der Waals surface area contributed by atoms with Crippen molar-refractivity contribution in [2.24, 2.45) is 0 Å². The summed E-state index contributed by atoms with van der Waals surface area (Å²) >= 11 is 0. The van der Waals surface area contributed by atoms with Gasteiger partial charge in [0.25, 0.3) is 0 Å². The van der Waals surface area contributed by atoms with Gasteiger partial charge in [-0.3, -0.25) is 4.57 Å². The Bertz CT molecular complexity index is 4300. The number of fused-ring (bicyclic) bond motifs is 12. The van der Waals surface area contributed by atoms with E-state index in [1.807, 2.05) is 84.9 Å². The highest BCUT2D eigenvalue weighted by molar-refractivity contribution is 6.25. The molecule has 3 heterocycles. The summed E-state index contributed by atoms with van der Waals surface area (Å²) in [5, 5.41) is 8.30. The molecule has 0 N–H and O–H groups in total. The molecular weight excluding hydrogens is 755 g/mol. The van der Waals surface area contributed by atoms with Gasteiger partial charge in [-0.25, -0.2) is 4.98 Å². The van der Waals surface area contributed by atoms with E-state index in [9.17, 15) is 2.74 Å². The van der Waals surface area contributed by atoms with E-state index < -0.39 is 48.3 Å². The van der Waals surface area contributed by atoms with Crippen LogP contribution in [0.5, 0.6) is 0 Å². The molecule has 0 bridgehead atoms. The zero-order chi connectivity index (χ0) is 47.7. The van der Waals surface area contributed by atoms with Crippen molar-refractivity contribution in [2.75, 3.05) is 0 Å². The Morgan fingerprint density at radius 1 is 0.323 bits per heavy atom. The van der Waals surface area contributed by atoms with Crippen LogP contribution in [-0.4, -0.2) is 24.1 Å². The van der Waals surface area contributed by atoms with Crippen molar-refractivity contribution < 1.29 is 11.0 Å². The molecular formula is C57H35N5. The predicted molar refractivity (Wildman–Crippen MR) is 257 cm³/mol. The van der Waals surface area contributed by atoms with Gasteiger partial charge in [0.2, 0.25) is 5.95 Å². The minimum Gasteiger partial charge on any atom is -0.308 e. The minimum absolute atomic E-state index is 0.0690. The fourth-order valence-electron chi connectivity index (χ4n) is 9.28. The van der Waals surface area contributed by atoms with Gasteiger partial charge in [0, 0.05) is 32.7 Å². The molecule has 288 valence electrons. The Labute approximate surface area is 367 Å². The second kappa shape index (κ2) is 13.6. The van der Waals surface area contributed by atoms with Crippen LogP contribution < -0.4 is 0 Å². The molecule has 0 fully saturated rings. The van der Waals surface area contributed by atoms with Gasteiger partial charge in [-0.15, -0.1) is 0 Å². The van der Waals surface area contributed by atoms with Crippen molar-refractivity contribution in [3.63, 3.8) is 0 Å². The van der Waals surface area contributed by atoms with Gasteiger partial charge < -0.3 is 4.57 Å². The second-order valence-corrected chi connectivity index (χ2v) is 15.4. The molecule has 0 aliphatic rings. The van der Waals surface area contributed by atoms with E-state index in [1.54, 1.807) is 0 Å². The van der Waals surface area contributed by atoms with Crippen molar-refractivity contribution in [1.82, 2.24) is 24.1 Å². The van der Waals surface area contributed by atoms with E-state index in [2.05, 4.69) is 83.4 Å². The summed E-state index contributed by atoms with van der Waals surface area (Å²) in [6.45, 7) is 0. The molecule has 5 heteroatoms. The summed E-state index contributed by atoms with van der Waals surface area (Å²) in [6, 6.07) is 51.5. The third-order valence-corrected chi connectivity index (χ3v) is 12.0. The maximum Gasteiger partial charge on any atom is 0.238 e. The smallest absolute Gasteiger partial charge is 0.238 e. The molecule has 13 aromatic rings. The Morgan fingerprint density at radius 3 is 1.58 bits per heavy atom. The van der Waals surface area contributed by atoms with E-state index >= 15 is 0 Å². The van der Waals surface area contributed by atoms with Crippen molar-refractivity contribution >= 4 is 75.9 Å². The Balaban J connectivity index is 1.16. The average Bonchev–Trinajstić information content (AvgIpc) is 3.95. The molecule has 0 unspecified atom stereocenters. The Morgan fingerprint density at radius 2 is 0.855 bits per heavy atom. The maximum absolute atomic E-state index is 9.32. The minimum atomic E-state index is -0.536. The predicted octanol–water partition coefficient (Wildman–Crippen LogP) is 14.5. The normalized spacial score (nSPS) is 13.7. The number of hydrogen-bond donors (Lipinski definition) is 0. The van der Waals surface area contributed by atoms with Crippen molar-refractivity contribution in [1.29, 1.82) is 0 Å². The molecule has 3 aromatic heterocycles. The summed E-state index contributed by atoms with van der Waals surface area (Å²) in [6.07, 6.45) is 0. The maximum atomic E-state index is 9.32. The molecule has 0 spiro atoms. The standard InChI is InChI=1S/C57H35N5/c1-2-16-36(17-3-1)37-30-33-47-46-24-8-12-26-50(46)61(54(47)35-37)53-29-15-11-25-48(53)56-58-55(59-57(60-56)62-51-27-13-9-22-44(51)45-23-10-14-28-52(45)62)38-31-32-43-41-20-5-4-18-39(41)40-19-6-7-21-42(40)49(43)34-38/h1-35H/i9D,10D,13D,14D,22D,23D,27D,28D. The number of hydrogen-bond acceptors (Lipinski definition) is 3. The number of benzene rings is 10. The zero-order valence-corrected chi connectivity index (χ0v) is 32.8. The highest BCUT2D eigenvalue weighted by Crippen LogP contribution is 2.40. The highest BCUT2D eigenvalue weighted by atomic mass is 15.2. The van der Waals surface area contributed by atoms with Gasteiger partial charge in [-0.1, -0.05) is 170 Å². The van der Waals surface area contributed by atoms with Crippen LogP contribution in [0.15, 0.2) is 212 Å². The summed E-state index contributed by atoms with van der Waals surface area (Å²) < 4.78 is 75.4. The monoisotopic (exact) mass is 797 g/mol. The van der Waals surface area contributed by atoms with Crippen molar-refractivity contribution in [2.45, 2.75) is 0 Å². The topological polar surface area (TPSA) is 48.5 Å². The molecule has 5 nitrogen and oxygen atoms in total. The number of rotatable bonds is 5. The molecule has 0 aliphatic carbocycles. The fourth-order valence-corrected chi connectivity index (χ4v) is 9.28. The lowest BCUT2D eigenvalue weighted by molar-refractivity contribution is 0.952. The number of para-hydroxylation sites is 4. The van der Waals surface area contributed by atoms with Crippen LogP contribution in [0.3, 0.4) is 0 Å². The van der Waals surface area contributed by atoms with Gasteiger partial charge in [-0.2, -0.15) is 9.97 Å². The molecule has 10 aromatic carbocycles. The lowest BCUT2D eigenvalue weighted by Gasteiger charge is -2.16. The first-order valence-electron chi connectivity index (χ1n) is 24.4. The third kappa shape index (κ3) is 5.18. The van der Waals surface area contributed by atoms with E-state index in [-0.39, 0.29) is 39.4 Å². The van der Waals surface area contributed by atoms with Gasteiger partial charge in [0.05, 0.1) is 38.7 Å². The van der Waals surface area contributed by atoms with Gasteiger partial charge >= 0.3 is 0 Å². The van der Waals surface area contributed by atoms with Gasteiger partial charge in [-0.05, 0) is 85.9 Å². The van der Waals surface area contributed by atoms with E-state index in [0.29, 0.717) is 11.1 Å². The largest absolute Gasteiger partial charge is 0.308 e. The molecule has 0 amide bonds. The van der Waals surface area contributed by atoms with Crippen LogP contribution in [0.25, 0.3) is 121 Å². The first-order chi connectivity index (χ1) is 34.1. The fraction of sp³-hybridized carbons (Fsp3) is 0. The molecule has 0 radical (unpaired) electrons. The molecule has 0 saturated carbocycles. The SMILES string of the molecule is [2H]c1c([2H])c([2H])c2c(c1[2H])c1c([2H])c([2H])c([2H])c([2H])c1n2-c1nc(-c2ccc3c4ccccc4c4ccccc4c3c2)nc(-c2ccccc2-n2c3ccccc3c3ccc(-c4ccccc4)cc32)n1. The first-order valence-corrected chi connectivity index (χ1v) is 20.4. The first kappa shape index (κ1) is 27.4. The van der Waals surface area contributed by atoms with Crippen LogP contribution in [-0.2, 0) is 0 Å². The lowest BCUT2D eigenvalue weighted by atomic mass is 9.93. The average molecular weight is 798 g/mol. The van der Waals surface area contributed by atoms with Crippen LogP contribution in [0.1, 0.15) is 11.0 Å².